The van der Waals surface area contributed by atoms with Crippen molar-refractivity contribution >= 4 is 54.7 Å². The van der Waals surface area contributed by atoms with E-state index in [9.17, 15) is 25.9 Å². The predicted octanol–water partition coefficient (Wildman–Crippen LogP) is 7.13. The van der Waals surface area contributed by atoms with Crippen molar-refractivity contribution in [3.63, 3.8) is 0 Å². The normalized spacial score (nSPS) is 19.0. The van der Waals surface area contributed by atoms with Crippen molar-refractivity contribution in [2.75, 3.05) is 23.7 Å². The molecule has 53 heavy (non-hydrogen) atoms. The zero-order chi connectivity index (χ0) is 38.2. The van der Waals surface area contributed by atoms with Crippen molar-refractivity contribution in [3.8, 4) is 0 Å². The van der Waals surface area contributed by atoms with Crippen LogP contribution in [0.25, 0.3) is 5.57 Å². The Labute approximate surface area is 322 Å². The molecule has 0 saturated heterocycles. The van der Waals surface area contributed by atoms with Gasteiger partial charge in [-0.2, -0.15) is 16.8 Å². The first-order valence-electron chi connectivity index (χ1n) is 18.0. The number of rotatable bonds is 8. The van der Waals surface area contributed by atoms with Crippen molar-refractivity contribution < 1.29 is 25.9 Å². The van der Waals surface area contributed by atoms with Gasteiger partial charge >= 0.3 is 0 Å². The van der Waals surface area contributed by atoms with Crippen molar-refractivity contribution in [1.29, 1.82) is 0 Å². The molecular formula is C41H45Cl2N2O6S2+. The van der Waals surface area contributed by atoms with Gasteiger partial charge in [0, 0.05) is 69.2 Å². The van der Waals surface area contributed by atoms with Crippen LogP contribution in [0.15, 0.2) is 71.6 Å². The number of benzene rings is 4. The average molecular weight is 797 g/mol. The number of anilines is 1. The summed E-state index contributed by atoms with van der Waals surface area (Å²) >= 11 is 14.1. The largest absolute Gasteiger partial charge is 0.362 e. The molecule has 1 aliphatic carbocycles. The number of halogens is 2. The number of fused-ring (bicyclic) bond motifs is 4. The highest BCUT2D eigenvalue weighted by Gasteiger charge is 2.43. The second-order valence-corrected chi connectivity index (χ2v) is 19.6. The lowest BCUT2D eigenvalue weighted by Crippen LogP contribution is -2.49. The fraction of sp³-hybridized carbons (Fsp3) is 0.390. The minimum Gasteiger partial charge on any atom is -0.362 e. The zero-order valence-corrected chi connectivity index (χ0v) is 33.7. The van der Waals surface area contributed by atoms with Crippen molar-refractivity contribution in [2.24, 2.45) is 0 Å². The lowest BCUT2D eigenvalue weighted by Gasteiger charge is -2.49. The van der Waals surface area contributed by atoms with Crippen LogP contribution in [0.3, 0.4) is 0 Å². The molecule has 2 N–H and O–H groups in total. The molecular weight excluding hydrogens is 751 g/mol. The zero-order valence-electron chi connectivity index (χ0n) is 30.6. The second-order valence-electron chi connectivity index (χ2n) is 15.8. The fourth-order valence-electron chi connectivity index (χ4n) is 8.92. The van der Waals surface area contributed by atoms with Gasteiger partial charge in [0.25, 0.3) is 20.2 Å². The van der Waals surface area contributed by atoms with Crippen molar-refractivity contribution in [1.82, 2.24) is 4.58 Å². The maximum Gasteiger partial charge on any atom is 0.294 e. The molecule has 0 bridgehead atoms. The molecule has 0 amide bonds. The fourth-order valence-corrected chi connectivity index (χ4v) is 10.8. The third-order valence-corrected chi connectivity index (χ3v) is 13.7. The first-order valence-corrected chi connectivity index (χ1v) is 21.8. The number of hydrogen-bond acceptors (Lipinski definition) is 5. The van der Waals surface area contributed by atoms with E-state index in [-0.39, 0.29) is 4.90 Å². The molecule has 1 unspecified atom stereocenters. The smallest absolute Gasteiger partial charge is 0.294 e. The lowest BCUT2D eigenvalue weighted by atomic mass is 9.66. The Morgan fingerprint density at radius 2 is 1.58 bits per heavy atom. The molecule has 0 saturated carbocycles. The van der Waals surface area contributed by atoms with Crippen LogP contribution in [-0.2, 0) is 38.6 Å². The minimum atomic E-state index is -4.36. The monoisotopic (exact) mass is 795 g/mol. The van der Waals surface area contributed by atoms with Crippen LogP contribution >= 0.6 is 23.2 Å². The topological polar surface area (TPSA) is 115 Å². The lowest BCUT2D eigenvalue weighted by molar-refractivity contribution is 0.369. The van der Waals surface area contributed by atoms with Crippen LogP contribution in [0, 0.1) is 0 Å². The van der Waals surface area contributed by atoms with Crippen LogP contribution in [0.4, 0.5) is 5.69 Å². The molecule has 0 radical (unpaired) electrons. The Balaban J connectivity index is 1.55. The van der Waals surface area contributed by atoms with Gasteiger partial charge in [-0.15, -0.1) is 0 Å². The predicted molar refractivity (Wildman–Crippen MR) is 212 cm³/mol. The maximum atomic E-state index is 12.6. The maximum absolute atomic E-state index is 12.6. The molecule has 4 aromatic rings. The van der Waals surface area contributed by atoms with Crippen molar-refractivity contribution in [2.45, 2.75) is 88.6 Å². The summed E-state index contributed by atoms with van der Waals surface area (Å²) in [5.41, 5.74) is 7.31. The van der Waals surface area contributed by atoms with Gasteiger partial charge in [0.05, 0.1) is 10.6 Å². The number of nitrogens with zero attached hydrogens (tertiary/aromatic N) is 2. The summed E-state index contributed by atoms with van der Waals surface area (Å²) in [7, 11) is -8.72. The highest BCUT2D eigenvalue weighted by atomic mass is 35.5. The van der Waals surface area contributed by atoms with Crippen LogP contribution in [0.5, 0.6) is 0 Å². The summed E-state index contributed by atoms with van der Waals surface area (Å²) in [6, 6.07) is 20.6. The van der Waals surface area contributed by atoms with E-state index in [1.807, 2.05) is 18.2 Å². The van der Waals surface area contributed by atoms with Crippen molar-refractivity contribution in [3.05, 3.63) is 126 Å². The Hall–Kier alpha value is -3.25. The highest BCUT2D eigenvalue weighted by Crippen LogP contribution is 2.51. The minimum absolute atomic E-state index is 0.191. The van der Waals surface area contributed by atoms with E-state index in [0.717, 1.165) is 76.6 Å². The average Bonchev–Trinajstić information content (AvgIpc) is 3.06. The van der Waals surface area contributed by atoms with E-state index in [1.165, 1.54) is 23.1 Å². The summed E-state index contributed by atoms with van der Waals surface area (Å²) in [6.07, 6.45) is 3.47. The Kier molecular flexibility index (Phi) is 9.69. The third-order valence-electron chi connectivity index (χ3n) is 11.4. The standard InChI is InChI=1S/C41H44Cl2N2O6S2/c1-6-16-44-17-8-9-26-18-30-32(20-36(26)44)41(4,5)33-21-37-29(19-31(33)38(30)39-34(42)10-7-11-35(39)43)27(24-52(46,47)48)22-40(2,3)45(37)23-25-12-14-28(15-13-25)53(49,50)51/h7,10-15,18-21,27H,6,8-9,16-17,22-24H2,1-5H3,(H-,46,47,48,49,50,51)/p+1. The molecule has 4 aromatic carbocycles. The molecule has 8 nitrogen and oxygen atoms in total. The van der Waals surface area contributed by atoms with Gasteiger partial charge in [0.2, 0.25) is 5.36 Å². The quantitative estimate of drug-likeness (QED) is 0.144. The molecule has 2 aliphatic heterocycles. The first-order chi connectivity index (χ1) is 24.8. The van der Waals surface area contributed by atoms with Gasteiger partial charge in [0.1, 0.15) is 13.1 Å². The first kappa shape index (κ1) is 38.0. The van der Waals surface area contributed by atoms with Gasteiger partial charge in [-0.3, -0.25) is 9.11 Å². The molecule has 280 valence electrons. The molecule has 0 fully saturated rings. The van der Waals surface area contributed by atoms with Crippen LogP contribution in [0.1, 0.15) is 98.7 Å². The molecule has 3 aliphatic rings. The second kappa shape index (κ2) is 13.5. The number of aryl methyl sites for hydroxylation is 1. The SMILES string of the molecule is CCC[N+]1=c2cc3c(cc2CCC1)=C(c1c(Cl)cccc1Cl)c1cc2c(cc1C3(C)C)N(Cc1ccc(S(=O)(=O)O)cc1)C(C)(C)CC2CS(=O)(=O)O. The Morgan fingerprint density at radius 1 is 0.906 bits per heavy atom. The van der Waals surface area contributed by atoms with E-state index < -0.39 is 42.9 Å². The van der Waals surface area contributed by atoms with Gasteiger partial charge in [-0.1, -0.05) is 62.2 Å². The van der Waals surface area contributed by atoms with Crippen LogP contribution < -0.4 is 20.1 Å². The van der Waals surface area contributed by atoms with Gasteiger partial charge < -0.3 is 4.90 Å². The Bertz CT molecular complexity index is 2490. The highest BCUT2D eigenvalue weighted by molar-refractivity contribution is 7.86. The molecule has 0 spiro atoms. The van der Waals surface area contributed by atoms with Crippen LogP contribution in [0.2, 0.25) is 10.0 Å². The summed E-state index contributed by atoms with van der Waals surface area (Å²) < 4.78 is 71.0. The van der Waals surface area contributed by atoms with Gasteiger partial charge in [-0.25, -0.2) is 4.58 Å². The summed E-state index contributed by atoms with van der Waals surface area (Å²) in [6.45, 7) is 13.1. The van der Waals surface area contributed by atoms with Crippen LogP contribution in [-0.4, -0.2) is 50.3 Å². The molecule has 7 rings (SSSR count). The van der Waals surface area contributed by atoms with Gasteiger partial charge in [0.15, 0.2) is 0 Å². The number of hydrogen-bond donors (Lipinski definition) is 2. The van der Waals surface area contributed by atoms with Gasteiger partial charge in [-0.05, 0) is 108 Å². The summed E-state index contributed by atoms with van der Waals surface area (Å²) in [5.74, 6) is -0.973. The summed E-state index contributed by atoms with van der Waals surface area (Å²) in [5, 5.41) is 3.32. The molecule has 0 aromatic heterocycles. The molecule has 1 atom stereocenters. The van der Waals surface area contributed by atoms with E-state index in [2.05, 4.69) is 68.4 Å². The van der Waals surface area contributed by atoms with E-state index >= 15 is 0 Å². The van der Waals surface area contributed by atoms with E-state index in [0.29, 0.717) is 28.6 Å². The van der Waals surface area contributed by atoms with E-state index in [1.54, 1.807) is 12.1 Å². The molecule has 12 heteroatoms. The summed E-state index contributed by atoms with van der Waals surface area (Å²) in [4.78, 5) is 2.04. The van der Waals surface area contributed by atoms with E-state index in [4.69, 9.17) is 23.2 Å². The third kappa shape index (κ3) is 6.96. The molecule has 2 heterocycles. The Morgan fingerprint density at radius 3 is 2.21 bits per heavy atom.